The monoisotopic (exact) mass is 333 g/mol. The Balaban J connectivity index is 1.99. The van der Waals surface area contributed by atoms with E-state index in [2.05, 4.69) is 26.1 Å². The van der Waals surface area contributed by atoms with Crippen molar-refractivity contribution < 1.29 is 8.91 Å². The van der Waals surface area contributed by atoms with Crippen LogP contribution < -0.4 is 5.73 Å². The van der Waals surface area contributed by atoms with Crippen molar-refractivity contribution in [1.29, 1.82) is 0 Å². The lowest BCUT2D eigenvalue weighted by Gasteiger charge is -1.97. The summed E-state index contributed by atoms with van der Waals surface area (Å²) in [6.45, 7) is 0. The highest BCUT2D eigenvalue weighted by atomic mass is 79.9. The molecule has 0 spiro atoms. The van der Waals surface area contributed by atoms with Crippen LogP contribution in [0.3, 0.4) is 0 Å². The van der Waals surface area contributed by atoms with E-state index in [1.165, 1.54) is 12.1 Å². The van der Waals surface area contributed by atoms with E-state index in [-0.39, 0.29) is 11.6 Å². The molecule has 0 aliphatic carbocycles. The van der Waals surface area contributed by atoms with Gasteiger partial charge in [-0.2, -0.15) is 4.98 Å². The summed E-state index contributed by atoms with van der Waals surface area (Å²) < 4.78 is 19.5. The maximum Gasteiger partial charge on any atom is 0.258 e. The van der Waals surface area contributed by atoms with E-state index >= 15 is 0 Å². The van der Waals surface area contributed by atoms with E-state index in [1.54, 1.807) is 6.07 Å². The van der Waals surface area contributed by atoms with Gasteiger partial charge in [-0.15, -0.1) is 0 Å². The van der Waals surface area contributed by atoms with Crippen LogP contribution in [0.2, 0.25) is 0 Å². The Morgan fingerprint density at radius 1 is 1.10 bits per heavy atom. The molecule has 3 rings (SSSR count). The molecule has 2 aromatic carbocycles. The van der Waals surface area contributed by atoms with Crippen molar-refractivity contribution in [1.82, 2.24) is 10.1 Å². The van der Waals surface area contributed by atoms with Gasteiger partial charge in [-0.1, -0.05) is 33.2 Å². The van der Waals surface area contributed by atoms with Gasteiger partial charge < -0.3 is 10.3 Å². The molecule has 0 aliphatic rings. The Hall–Kier alpha value is -2.21. The van der Waals surface area contributed by atoms with Crippen molar-refractivity contribution in [3.8, 4) is 22.8 Å². The lowest BCUT2D eigenvalue weighted by molar-refractivity contribution is 0.432. The van der Waals surface area contributed by atoms with Crippen LogP contribution in [-0.4, -0.2) is 10.1 Å². The molecular formula is C14H9BrFN3O. The third kappa shape index (κ3) is 2.42. The molecule has 0 unspecified atom stereocenters. The third-order valence-electron chi connectivity index (χ3n) is 2.76. The third-order valence-corrected chi connectivity index (χ3v) is 3.25. The van der Waals surface area contributed by atoms with Crippen LogP contribution in [0.4, 0.5) is 10.1 Å². The molecule has 6 heteroatoms. The van der Waals surface area contributed by atoms with Crippen LogP contribution in [0.25, 0.3) is 22.8 Å². The topological polar surface area (TPSA) is 64.9 Å². The number of nitrogens with zero attached hydrogens (tertiary/aromatic N) is 2. The molecule has 3 aromatic rings. The van der Waals surface area contributed by atoms with E-state index < -0.39 is 5.82 Å². The Bertz CT molecular complexity index is 773. The van der Waals surface area contributed by atoms with Gasteiger partial charge in [0.25, 0.3) is 5.89 Å². The summed E-state index contributed by atoms with van der Waals surface area (Å²) in [6, 6.07) is 11.9. The predicted molar refractivity (Wildman–Crippen MR) is 77.2 cm³/mol. The van der Waals surface area contributed by atoms with Crippen LogP contribution in [-0.2, 0) is 0 Å². The van der Waals surface area contributed by atoms with Gasteiger partial charge in [0.1, 0.15) is 5.82 Å². The number of aromatic nitrogens is 2. The molecule has 20 heavy (non-hydrogen) atoms. The number of anilines is 1. The average Bonchev–Trinajstić information content (AvgIpc) is 2.92. The lowest BCUT2D eigenvalue weighted by atomic mass is 10.2. The Labute approximate surface area is 122 Å². The van der Waals surface area contributed by atoms with Crippen LogP contribution in [0.15, 0.2) is 51.5 Å². The molecule has 0 saturated carbocycles. The highest BCUT2D eigenvalue weighted by Gasteiger charge is 2.12. The number of nitrogen functional groups attached to an aromatic ring is 1. The van der Waals surface area contributed by atoms with Gasteiger partial charge in [-0.25, -0.2) is 4.39 Å². The molecular weight excluding hydrogens is 325 g/mol. The van der Waals surface area contributed by atoms with Gasteiger partial charge in [0, 0.05) is 15.6 Å². The second-order valence-electron chi connectivity index (χ2n) is 4.17. The Morgan fingerprint density at radius 2 is 1.95 bits per heavy atom. The van der Waals surface area contributed by atoms with Gasteiger partial charge in [0.05, 0.1) is 5.69 Å². The molecule has 0 atom stereocenters. The lowest BCUT2D eigenvalue weighted by Crippen LogP contribution is -1.90. The fourth-order valence-electron chi connectivity index (χ4n) is 1.75. The number of nitrogens with two attached hydrogens (primary N) is 1. The molecule has 100 valence electrons. The average molecular weight is 334 g/mol. The van der Waals surface area contributed by atoms with Gasteiger partial charge in [0.2, 0.25) is 5.82 Å². The summed E-state index contributed by atoms with van der Waals surface area (Å²) in [5.74, 6) is 0.183. The van der Waals surface area contributed by atoms with Crippen molar-refractivity contribution in [3.63, 3.8) is 0 Å². The molecule has 2 N–H and O–H groups in total. The molecule has 0 bridgehead atoms. The first-order valence-corrected chi connectivity index (χ1v) is 6.58. The molecule has 0 saturated heterocycles. The summed E-state index contributed by atoms with van der Waals surface area (Å²) in [4.78, 5) is 4.26. The van der Waals surface area contributed by atoms with Crippen LogP contribution in [0, 0.1) is 5.82 Å². The highest BCUT2D eigenvalue weighted by molar-refractivity contribution is 9.10. The maximum absolute atomic E-state index is 13.4. The van der Waals surface area contributed by atoms with Gasteiger partial charge in [-0.3, -0.25) is 0 Å². The summed E-state index contributed by atoms with van der Waals surface area (Å²) in [6.07, 6.45) is 0. The summed E-state index contributed by atoms with van der Waals surface area (Å²) in [5.41, 5.74) is 6.82. The summed E-state index contributed by atoms with van der Waals surface area (Å²) >= 11 is 3.38. The first-order valence-electron chi connectivity index (χ1n) is 5.78. The van der Waals surface area contributed by atoms with Gasteiger partial charge in [0.15, 0.2) is 0 Å². The number of benzene rings is 2. The minimum Gasteiger partial charge on any atom is -0.396 e. The van der Waals surface area contributed by atoms with Crippen LogP contribution >= 0.6 is 15.9 Å². The minimum atomic E-state index is -0.510. The Kier molecular flexibility index (Phi) is 3.23. The number of hydrogen-bond acceptors (Lipinski definition) is 4. The van der Waals surface area contributed by atoms with E-state index in [4.69, 9.17) is 10.3 Å². The van der Waals surface area contributed by atoms with E-state index in [1.807, 2.05) is 24.3 Å². The van der Waals surface area contributed by atoms with Crippen molar-refractivity contribution >= 4 is 21.6 Å². The number of hydrogen-bond donors (Lipinski definition) is 1. The van der Waals surface area contributed by atoms with Crippen molar-refractivity contribution in [2.75, 3.05) is 5.73 Å². The molecule has 0 radical (unpaired) electrons. The predicted octanol–water partition coefficient (Wildman–Crippen LogP) is 3.89. The first-order chi connectivity index (χ1) is 9.63. The molecule has 1 aromatic heterocycles. The van der Waals surface area contributed by atoms with Crippen LogP contribution in [0.1, 0.15) is 0 Å². The molecule has 4 nitrogen and oxygen atoms in total. The summed E-state index contributed by atoms with van der Waals surface area (Å²) in [7, 11) is 0. The quantitative estimate of drug-likeness (QED) is 0.722. The zero-order valence-electron chi connectivity index (χ0n) is 10.2. The highest BCUT2D eigenvalue weighted by Crippen LogP contribution is 2.25. The number of halogens is 2. The maximum atomic E-state index is 13.4. The van der Waals surface area contributed by atoms with E-state index in [0.29, 0.717) is 11.4 Å². The van der Waals surface area contributed by atoms with E-state index in [9.17, 15) is 4.39 Å². The minimum absolute atomic E-state index is 0.0838. The van der Waals surface area contributed by atoms with Crippen molar-refractivity contribution in [3.05, 3.63) is 52.8 Å². The second-order valence-corrected chi connectivity index (χ2v) is 5.09. The van der Waals surface area contributed by atoms with Crippen molar-refractivity contribution in [2.45, 2.75) is 0 Å². The van der Waals surface area contributed by atoms with E-state index in [0.717, 1.165) is 10.0 Å². The van der Waals surface area contributed by atoms with Crippen molar-refractivity contribution in [2.24, 2.45) is 0 Å². The zero-order chi connectivity index (χ0) is 14.1. The zero-order valence-corrected chi connectivity index (χ0v) is 11.8. The molecule has 0 fully saturated rings. The molecule has 0 amide bonds. The first kappa shape index (κ1) is 12.8. The largest absolute Gasteiger partial charge is 0.396 e. The standard InChI is InChI=1S/C14H9BrFN3O/c15-10-3-1-2-8(6-10)13-18-14(20-19-13)9-4-5-12(17)11(16)7-9/h1-7H,17H2. The smallest absolute Gasteiger partial charge is 0.258 e. The summed E-state index contributed by atoms with van der Waals surface area (Å²) in [5, 5.41) is 3.90. The normalized spacial score (nSPS) is 10.7. The fraction of sp³-hybridized carbons (Fsp3) is 0. The SMILES string of the molecule is Nc1ccc(-c2nc(-c3cccc(Br)c3)no2)cc1F. The van der Waals surface area contributed by atoms with Crippen LogP contribution in [0.5, 0.6) is 0 Å². The Morgan fingerprint density at radius 3 is 2.70 bits per heavy atom. The molecule has 0 aliphatic heterocycles. The van der Waals surface area contributed by atoms with Gasteiger partial charge in [-0.05, 0) is 30.3 Å². The fourth-order valence-corrected chi connectivity index (χ4v) is 2.14. The van der Waals surface area contributed by atoms with Gasteiger partial charge >= 0.3 is 0 Å². The molecule has 1 heterocycles. The number of rotatable bonds is 2. The second kappa shape index (κ2) is 5.05.